The van der Waals surface area contributed by atoms with Crippen LogP contribution >= 0.6 is 0 Å². The summed E-state index contributed by atoms with van der Waals surface area (Å²) in [6, 6.07) is 5.69. The maximum absolute atomic E-state index is 14.3. The van der Waals surface area contributed by atoms with Gasteiger partial charge in [0.25, 0.3) is 5.91 Å². The topological polar surface area (TPSA) is 84.5 Å². The van der Waals surface area contributed by atoms with Crippen LogP contribution in [0, 0.1) is 5.82 Å². The summed E-state index contributed by atoms with van der Waals surface area (Å²) >= 11 is 0. The maximum Gasteiger partial charge on any atom is 0.321 e. The highest BCUT2D eigenvalue weighted by Crippen LogP contribution is 2.43. The van der Waals surface area contributed by atoms with E-state index >= 15 is 0 Å². The van der Waals surface area contributed by atoms with E-state index in [9.17, 15) is 18.8 Å². The fourth-order valence-corrected chi connectivity index (χ4v) is 4.31. The van der Waals surface area contributed by atoms with Crippen LogP contribution in [0.5, 0.6) is 0 Å². The molecule has 1 aromatic carbocycles. The van der Waals surface area contributed by atoms with Gasteiger partial charge in [0.15, 0.2) is 6.61 Å². The number of benzene rings is 1. The lowest BCUT2D eigenvalue weighted by Crippen LogP contribution is -2.46. The van der Waals surface area contributed by atoms with E-state index in [2.05, 4.69) is 10.6 Å². The number of carbonyl (C=O) groups is 3. The Hall–Kier alpha value is -2.44. The van der Waals surface area contributed by atoms with Crippen LogP contribution in [0.3, 0.4) is 0 Å². The predicted octanol–water partition coefficient (Wildman–Crippen LogP) is 3.34. The zero-order valence-electron chi connectivity index (χ0n) is 16.0. The van der Waals surface area contributed by atoms with Gasteiger partial charge >= 0.3 is 12.0 Å². The molecule has 0 aromatic heterocycles. The molecule has 3 rings (SSSR count). The first kappa shape index (κ1) is 20.3. The van der Waals surface area contributed by atoms with Gasteiger partial charge in [0.1, 0.15) is 5.82 Å². The zero-order valence-corrected chi connectivity index (χ0v) is 16.0. The first-order chi connectivity index (χ1) is 13.5. The number of amides is 3. The van der Waals surface area contributed by atoms with E-state index in [0.29, 0.717) is 18.4 Å². The van der Waals surface area contributed by atoms with Crippen molar-refractivity contribution in [2.75, 3.05) is 6.61 Å². The smallest absolute Gasteiger partial charge is 0.321 e. The molecule has 0 aliphatic heterocycles. The number of hydrogen-bond acceptors (Lipinski definition) is 4. The van der Waals surface area contributed by atoms with Crippen LogP contribution < -0.4 is 10.6 Å². The summed E-state index contributed by atoms with van der Waals surface area (Å²) in [6.07, 6.45) is 7.65. The van der Waals surface area contributed by atoms with Gasteiger partial charge in [-0.3, -0.25) is 14.9 Å². The summed E-state index contributed by atoms with van der Waals surface area (Å²) in [4.78, 5) is 36.7. The molecule has 2 aliphatic carbocycles. The minimum absolute atomic E-state index is 0.0758. The fourth-order valence-electron chi connectivity index (χ4n) is 4.31. The molecular formula is C21H27FN2O4. The zero-order chi connectivity index (χ0) is 20.0. The molecule has 2 fully saturated rings. The molecule has 6 nitrogen and oxygen atoms in total. The molecule has 7 heteroatoms. The van der Waals surface area contributed by atoms with Gasteiger partial charge in [-0.2, -0.15) is 0 Å². The Morgan fingerprint density at radius 1 is 1.04 bits per heavy atom. The number of imide groups is 1. The molecule has 0 radical (unpaired) electrons. The number of esters is 1. The van der Waals surface area contributed by atoms with E-state index in [0.717, 1.165) is 38.5 Å². The van der Waals surface area contributed by atoms with E-state index in [4.69, 9.17) is 4.74 Å². The third-order valence-corrected chi connectivity index (χ3v) is 5.76. The number of halogens is 1. The van der Waals surface area contributed by atoms with Crippen LogP contribution in [0.1, 0.15) is 63.4 Å². The Bertz CT molecular complexity index is 725. The summed E-state index contributed by atoms with van der Waals surface area (Å²) < 4.78 is 19.5. The molecule has 3 amide bonds. The number of carbonyl (C=O) groups excluding carboxylic acids is 3. The first-order valence-electron chi connectivity index (χ1n) is 10.0. The van der Waals surface area contributed by atoms with Crippen molar-refractivity contribution in [3.63, 3.8) is 0 Å². The molecular weight excluding hydrogens is 363 g/mol. The Labute approximate surface area is 164 Å². The van der Waals surface area contributed by atoms with Crippen molar-refractivity contribution in [3.8, 4) is 0 Å². The minimum atomic E-state index is -1.06. The summed E-state index contributed by atoms with van der Waals surface area (Å²) in [7, 11) is 0. The van der Waals surface area contributed by atoms with Crippen LogP contribution in [-0.2, 0) is 19.7 Å². The fraction of sp³-hybridized carbons (Fsp3) is 0.571. The van der Waals surface area contributed by atoms with Crippen molar-refractivity contribution < 1.29 is 23.5 Å². The van der Waals surface area contributed by atoms with E-state index in [1.165, 1.54) is 12.5 Å². The van der Waals surface area contributed by atoms with Gasteiger partial charge in [0.05, 0.1) is 5.41 Å². The lowest BCUT2D eigenvalue weighted by atomic mass is 9.78. The second-order valence-corrected chi connectivity index (χ2v) is 7.70. The molecule has 0 unspecified atom stereocenters. The Kier molecular flexibility index (Phi) is 6.65. The third kappa shape index (κ3) is 4.69. The number of nitrogens with one attached hydrogen (secondary N) is 2. The summed E-state index contributed by atoms with van der Waals surface area (Å²) in [6.45, 7) is -0.562. The van der Waals surface area contributed by atoms with Crippen LogP contribution in [0.2, 0.25) is 0 Å². The van der Waals surface area contributed by atoms with Crippen molar-refractivity contribution in [3.05, 3.63) is 35.6 Å². The van der Waals surface area contributed by atoms with E-state index in [1.54, 1.807) is 18.2 Å². The maximum atomic E-state index is 14.3. The molecule has 2 aliphatic rings. The Morgan fingerprint density at radius 3 is 2.39 bits per heavy atom. The third-order valence-electron chi connectivity index (χ3n) is 5.76. The van der Waals surface area contributed by atoms with Crippen LogP contribution in [0.4, 0.5) is 9.18 Å². The molecule has 0 saturated heterocycles. The van der Waals surface area contributed by atoms with E-state index < -0.39 is 35.7 Å². The number of ether oxygens (including phenoxy) is 1. The van der Waals surface area contributed by atoms with E-state index in [1.807, 2.05) is 0 Å². The minimum Gasteiger partial charge on any atom is -0.455 e. The summed E-state index contributed by atoms with van der Waals surface area (Å²) in [5, 5.41) is 4.97. The Balaban J connectivity index is 1.54. The van der Waals surface area contributed by atoms with Crippen molar-refractivity contribution in [2.45, 2.75) is 69.2 Å². The van der Waals surface area contributed by atoms with Crippen LogP contribution in [-0.4, -0.2) is 30.6 Å². The lowest BCUT2D eigenvalue weighted by molar-refractivity contribution is -0.154. The van der Waals surface area contributed by atoms with Crippen LogP contribution in [0.25, 0.3) is 0 Å². The molecule has 2 saturated carbocycles. The van der Waals surface area contributed by atoms with Gasteiger partial charge in [0, 0.05) is 11.6 Å². The van der Waals surface area contributed by atoms with Gasteiger partial charge in [-0.25, -0.2) is 9.18 Å². The van der Waals surface area contributed by atoms with Gasteiger partial charge in [-0.15, -0.1) is 0 Å². The first-order valence-corrected chi connectivity index (χ1v) is 10.0. The quantitative estimate of drug-likeness (QED) is 0.755. The molecule has 2 N–H and O–H groups in total. The number of hydrogen-bond donors (Lipinski definition) is 2. The largest absolute Gasteiger partial charge is 0.455 e. The average Bonchev–Trinajstić information content (AvgIpc) is 3.18. The highest BCUT2D eigenvalue weighted by atomic mass is 19.1. The van der Waals surface area contributed by atoms with Gasteiger partial charge < -0.3 is 10.1 Å². The standard InChI is InChI=1S/C21H27FN2O4/c22-17-11-5-4-10-16(17)21(12-6-7-13-21)19(26)28-14-18(25)24-20(27)23-15-8-2-1-3-9-15/h4-5,10-11,15H,1-3,6-9,12-14H2,(H2,23,24,25,27). The summed E-state index contributed by atoms with van der Waals surface area (Å²) in [5.41, 5.74) is -0.747. The SMILES string of the molecule is O=C(COC(=O)C1(c2ccccc2F)CCCC1)NC(=O)NC1CCCCC1. The second-order valence-electron chi connectivity index (χ2n) is 7.70. The monoisotopic (exact) mass is 390 g/mol. The Morgan fingerprint density at radius 2 is 1.71 bits per heavy atom. The second kappa shape index (κ2) is 9.17. The molecule has 0 heterocycles. The molecule has 0 spiro atoms. The van der Waals surface area contributed by atoms with E-state index in [-0.39, 0.29) is 6.04 Å². The average molecular weight is 390 g/mol. The number of urea groups is 1. The molecule has 28 heavy (non-hydrogen) atoms. The number of rotatable bonds is 5. The lowest BCUT2D eigenvalue weighted by Gasteiger charge is -2.27. The van der Waals surface area contributed by atoms with Crippen LogP contribution in [0.15, 0.2) is 24.3 Å². The normalized spacial score (nSPS) is 19.0. The van der Waals surface area contributed by atoms with Crippen molar-refractivity contribution in [2.24, 2.45) is 0 Å². The van der Waals surface area contributed by atoms with Crippen molar-refractivity contribution in [1.29, 1.82) is 0 Å². The highest BCUT2D eigenvalue weighted by molar-refractivity contribution is 5.96. The molecule has 0 atom stereocenters. The molecule has 1 aromatic rings. The van der Waals surface area contributed by atoms with Gasteiger partial charge in [0.2, 0.25) is 0 Å². The summed E-state index contributed by atoms with van der Waals surface area (Å²) in [5.74, 6) is -1.75. The predicted molar refractivity (Wildman–Crippen MR) is 101 cm³/mol. The van der Waals surface area contributed by atoms with Crippen molar-refractivity contribution in [1.82, 2.24) is 10.6 Å². The molecule has 152 valence electrons. The molecule has 0 bridgehead atoms. The van der Waals surface area contributed by atoms with Crippen molar-refractivity contribution >= 4 is 17.9 Å². The van der Waals surface area contributed by atoms with Gasteiger partial charge in [-0.05, 0) is 31.7 Å². The highest BCUT2D eigenvalue weighted by Gasteiger charge is 2.46. The van der Waals surface area contributed by atoms with Gasteiger partial charge in [-0.1, -0.05) is 50.3 Å².